The number of anilines is 2. The molecule has 1 aliphatic rings. The quantitative estimate of drug-likeness (QED) is 0.442. The van der Waals surface area contributed by atoms with E-state index < -0.39 is 0 Å². The van der Waals surface area contributed by atoms with Crippen LogP contribution in [0.2, 0.25) is 0 Å². The lowest BCUT2D eigenvalue weighted by atomic mass is 10.1. The smallest absolute Gasteiger partial charge is 0.206 e. The van der Waals surface area contributed by atoms with Crippen LogP contribution in [0.3, 0.4) is 0 Å². The van der Waals surface area contributed by atoms with Gasteiger partial charge in [0.2, 0.25) is 5.95 Å². The number of nitrogens with one attached hydrogen (secondary N) is 3. The van der Waals surface area contributed by atoms with E-state index in [0.717, 1.165) is 66.5 Å². The standard InChI is InChI=1S/C22H24N8.ClH/c1-15-25-12-18(13-26-15)17-2-3-19-20(11-17)28-22(27-19)29-21-10-16(4-5-24-21)14-30-8-6-23-7-9-30;/h2-5,10-13,23H,6-9,14H2,1H3,(H2,24,27,28,29);1H. The summed E-state index contributed by atoms with van der Waals surface area (Å²) in [7, 11) is 0. The summed E-state index contributed by atoms with van der Waals surface area (Å²) < 4.78 is 0. The van der Waals surface area contributed by atoms with Gasteiger partial charge < -0.3 is 15.6 Å². The van der Waals surface area contributed by atoms with Gasteiger partial charge in [-0.3, -0.25) is 4.90 Å². The maximum atomic E-state index is 4.65. The number of pyridine rings is 1. The summed E-state index contributed by atoms with van der Waals surface area (Å²) in [6.07, 6.45) is 5.53. The van der Waals surface area contributed by atoms with Gasteiger partial charge in [-0.25, -0.2) is 19.9 Å². The molecule has 0 spiro atoms. The minimum absolute atomic E-state index is 0. The molecule has 8 nitrogen and oxygen atoms in total. The summed E-state index contributed by atoms with van der Waals surface area (Å²) in [5.74, 6) is 2.22. The Morgan fingerprint density at radius 1 is 1.00 bits per heavy atom. The predicted molar refractivity (Wildman–Crippen MR) is 125 cm³/mol. The van der Waals surface area contributed by atoms with Gasteiger partial charge in [0, 0.05) is 56.9 Å². The van der Waals surface area contributed by atoms with Crippen molar-refractivity contribution in [2.45, 2.75) is 13.5 Å². The summed E-state index contributed by atoms with van der Waals surface area (Å²) in [5, 5.41) is 6.69. The molecule has 0 radical (unpaired) electrons. The first-order chi connectivity index (χ1) is 14.7. The van der Waals surface area contributed by atoms with Crippen LogP contribution in [-0.2, 0) is 6.54 Å². The molecule has 0 aliphatic carbocycles. The summed E-state index contributed by atoms with van der Waals surface area (Å²) in [5.41, 5.74) is 5.12. The molecule has 4 heterocycles. The molecular formula is C22H25ClN8. The number of rotatable bonds is 5. The second-order valence-corrected chi connectivity index (χ2v) is 7.54. The maximum Gasteiger partial charge on any atom is 0.206 e. The van der Waals surface area contributed by atoms with Crippen molar-refractivity contribution in [2.24, 2.45) is 0 Å². The van der Waals surface area contributed by atoms with Crippen molar-refractivity contribution in [1.82, 2.24) is 35.1 Å². The Hall–Kier alpha value is -3.07. The lowest BCUT2D eigenvalue weighted by molar-refractivity contribution is 0.233. The highest BCUT2D eigenvalue weighted by Gasteiger charge is 2.11. The molecule has 0 bridgehead atoms. The Morgan fingerprint density at radius 3 is 2.61 bits per heavy atom. The van der Waals surface area contributed by atoms with E-state index in [-0.39, 0.29) is 12.4 Å². The van der Waals surface area contributed by atoms with Gasteiger partial charge in [-0.05, 0) is 42.3 Å². The van der Waals surface area contributed by atoms with E-state index in [1.165, 1.54) is 5.56 Å². The zero-order valence-electron chi connectivity index (χ0n) is 17.3. The number of aromatic amines is 1. The Kier molecular flexibility index (Phi) is 6.41. The molecule has 3 N–H and O–H groups in total. The number of fused-ring (bicyclic) bond motifs is 1. The van der Waals surface area contributed by atoms with Gasteiger partial charge >= 0.3 is 0 Å². The molecule has 1 aromatic carbocycles. The largest absolute Gasteiger partial charge is 0.324 e. The normalized spacial score (nSPS) is 14.4. The molecular weight excluding hydrogens is 412 g/mol. The second-order valence-electron chi connectivity index (χ2n) is 7.54. The molecule has 160 valence electrons. The van der Waals surface area contributed by atoms with Crippen LogP contribution >= 0.6 is 12.4 Å². The van der Waals surface area contributed by atoms with E-state index in [2.05, 4.69) is 58.7 Å². The molecule has 3 aromatic heterocycles. The van der Waals surface area contributed by atoms with Crippen molar-refractivity contribution >= 4 is 35.2 Å². The molecule has 0 amide bonds. The number of imidazole rings is 1. The summed E-state index contributed by atoms with van der Waals surface area (Å²) in [4.78, 5) is 23.5. The predicted octanol–water partition coefficient (Wildman–Crippen LogP) is 3.29. The highest BCUT2D eigenvalue weighted by atomic mass is 35.5. The van der Waals surface area contributed by atoms with E-state index in [0.29, 0.717) is 5.95 Å². The van der Waals surface area contributed by atoms with E-state index in [1.807, 2.05) is 37.6 Å². The minimum Gasteiger partial charge on any atom is -0.324 e. The Bertz CT molecular complexity index is 1150. The third-order valence-electron chi connectivity index (χ3n) is 5.28. The number of nitrogens with zero attached hydrogens (tertiary/aromatic N) is 5. The van der Waals surface area contributed by atoms with Crippen LogP contribution in [0.1, 0.15) is 11.4 Å². The van der Waals surface area contributed by atoms with Crippen LogP contribution < -0.4 is 10.6 Å². The first kappa shape index (κ1) is 21.2. The van der Waals surface area contributed by atoms with Crippen LogP contribution in [0.4, 0.5) is 11.8 Å². The lowest BCUT2D eigenvalue weighted by Crippen LogP contribution is -2.42. The van der Waals surface area contributed by atoms with Crippen LogP contribution in [-0.4, -0.2) is 56.0 Å². The third kappa shape index (κ3) is 4.99. The van der Waals surface area contributed by atoms with Crippen molar-refractivity contribution in [1.29, 1.82) is 0 Å². The number of piperazine rings is 1. The number of hydrogen-bond acceptors (Lipinski definition) is 7. The molecule has 4 aromatic rings. The molecule has 9 heteroatoms. The minimum atomic E-state index is 0. The van der Waals surface area contributed by atoms with E-state index in [4.69, 9.17) is 0 Å². The van der Waals surface area contributed by atoms with Gasteiger partial charge in [-0.1, -0.05) is 6.07 Å². The molecule has 0 saturated carbocycles. The monoisotopic (exact) mass is 436 g/mol. The maximum absolute atomic E-state index is 4.65. The number of H-pyrrole nitrogens is 1. The Morgan fingerprint density at radius 2 is 1.81 bits per heavy atom. The van der Waals surface area contributed by atoms with Crippen LogP contribution in [0.15, 0.2) is 48.9 Å². The average Bonchev–Trinajstić information content (AvgIpc) is 3.16. The zero-order chi connectivity index (χ0) is 20.3. The Balaban J connectivity index is 0.00000231. The number of halogens is 1. The van der Waals surface area contributed by atoms with Crippen molar-refractivity contribution in [3.63, 3.8) is 0 Å². The average molecular weight is 437 g/mol. The summed E-state index contributed by atoms with van der Waals surface area (Å²) >= 11 is 0. The van der Waals surface area contributed by atoms with E-state index in [9.17, 15) is 0 Å². The number of benzene rings is 1. The number of aryl methyl sites for hydroxylation is 1. The molecule has 31 heavy (non-hydrogen) atoms. The number of aromatic nitrogens is 5. The van der Waals surface area contributed by atoms with Gasteiger partial charge in [0.1, 0.15) is 11.6 Å². The molecule has 0 atom stereocenters. The van der Waals surface area contributed by atoms with Gasteiger partial charge in [-0.2, -0.15) is 0 Å². The highest BCUT2D eigenvalue weighted by Crippen LogP contribution is 2.24. The van der Waals surface area contributed by atoms with E-state index in [1.54, 1.807) is 0 Å². The molecule has 1 aliphatic heterocycles. The van der Waals surface area contributed by atoms with Gasteiger partial charge in [0.15, 0.2) is 0 Å². The van der Waals surface area contributed by atoms with Crippen molar-refractivity contribution < 1.29 is 0 Å². The summed E-state index contributed by atoms with van der Waals surface area (Å²) in [6.45, 7) is 7.05. The van der Waals surface area contributed by atoms with Crippen molar-refractivity contribution in [2.75, 3.05) is 31.5 Å². The first-order valence-electron chi connectivity index (χ1n) is 10.2. The zero-order valence-corrected chi connectivity index (χ0v) is 18.1. The van der Waals surface area contributed by atoms with Crippen molar-refractivity contribution in [3.8, 4) is 11.1 Å². The fourth-order valence-corrected chi connectivity index (χ4v) is 3.68. The van der Waals surface area contributed by atoms with Crippen LogP contribution in [0, 0.1) is 6.92 Å². The highest BCUT2D eigenvalue weighted by molar-refractivity contribution is 5.85. The fourth-order valence-electron chi connectivity index (χ4n) is 3.68. The topological polar surface area (TPSA) is 94.6 Å². The van der Waals surface area contributed by atoms with Gasteiger partial charge in [0.05, 0.1) is 11.0 Å². The third-order valence-corrected chi connectivity index (χ3v) is 5.28. The number of hydrogen-bond donors (Lipinski definition) is 3. The van der Waals surface area contributed by atoms with Crippen LogP contribution in [0.5, 0.6) is 0 Å². The second kappa shape index (κ2) is 9.38. The van der Waals surface area contributed by atoms with E-state index >= 15 is 0 Å². The molecule has 1 fully saturated rings. The van der Waals surface area contributed by atoms with Gasteiger partial charge in [0.25, 0.3) is 0 Å². The first-order valence-corrected chi connectivity index (χ1v) is 10.2. The van der Waals surface area contributed by atoms with Crippen LogP contribution in [0.25, 0.3) is 22.2 Å². The van der Waals surface area contributed by atoms with Crippen molar-refractivity contribution in [3.05, 3.63) is 60.3 Å². The molecule has 5 rings (SSSR count). The SMILES string of the molecule is Cc1ncc(-c2ccc3nc(Nc4cc(CN5CCNCC5)ccn4)[nH]c3c2)cn1.Cl. The summed E-state index contributed by atoms with van der Waals surface area (Å²) in [6, 6.07) is 10.3. The lowest BCUT2D eigenvalue weighted by Gasteiger charge is -2.27. The molecule has 1 saturated heterocycles. The fraction of sp³-hybridized carbons (Fsp3) is 0.273. The molecule has 0 unspecified atom stereocenters. The van der Waals surface area contributed by atoms with Gasteiger partial charge in [-0.15, -0.1) is 12.4 Å². The Labute approximate surface area is 187 Å².